The molecule has 6 heteroatoms. The maximum absolute atomic E-state index is 10.8. The van der Waals surface area contributed by atoms with E-state index in [1.165, 1.54) is 18.2 Å². The molecule has 0 bridgehead atoms. The van der Waals surface area contributed by atoms with Crippen LogP contribution in [0.1, 0.15) is 22.8 Å². The minimum Gasteiger partial charge on any atom is -0.489 e. The van der Waals surface area contributed by atoms with Crippen molar-refractivity contribution in [2.45, 2.75) is 13.5 Å². The lowest BCUT2D eigenvalue weighted by molar-refractivity contribution is -0.496. The van der Waals surface area contributed by atoms with E-state index in [4.69, 9.17) is 9.84 Å². The first-order valence-corrected chi connectivity index (χ1v) is 5.15. The van der Waals surface area contributed by atoms with E-state index in [2.05, 4.69) is 6.58 Å². The van der Waals surface area contributed by atoms with E-state index in [1.807, 2.05) is 0 Å². The summed E-state index contributed by atoms with van der Waals surface area (Å²) < 4.78 is 5.32. The van der Waals surface area contributed by atoms with Crippen molar-refractivity contribution >= 4 is 5.97 Å². The number of aromatic carboxylic acids is 1. The molecule has 0 saturated carbocycles. The van der Waals surface area contributed by atoms with E-state index in [1.54, 1.807) is 6.92 Å². The standard InChI is InChI=1S/C12H13NO5/c1-8(2)7-18-11-5-9(12(14)15)3-4-10(11)6-13(16)17/h3-5H,1,6-7H2,2H3,(H,14,15). The molecule has 6 nitrogen and oxygen atoms in total. The molecule has 18 heavy (non-hydrogen) atoms. The van der Waals surface area contributed by atoms with Gasteiger partial charge >= 0.3 is 5.97 Å². The predicted octanol–water partition coefficient (Wildman–Crippen LogP) is 2.12. The summed E-state index contributed by atoms with van der Waals surface area (Å²) in [7, 11) is 0. The zero-order valence-electron chi connectivity index (χ0n) is 9.88. The largest absolute Gasteiger partial charge is 0.489 e. The molecule has 0 radical (unpaired) electrons. The number of benzene rings is 1. The van der Waals surface area contributed by atoms with E-state index >= 15 is 0 Å². The molecule has 0 aromatic heterocycles. The Labute approximate surface area is 104 Å². The predicted molar refractivity (Wildman–Crippen MR) is 64.4 cm³/mol. The van der Waals surface area contributed by atoms with Crippen LogP contribution < -0.4 is 4.74 Å². The molecule has 0 aliphatic rings. The van der Waals surface area contributed by atoms with Crippen molar-refractivity contribution in [3.05, 3.63) is 51.6 Å². The number of rotatable bonds is 6. The van der Waals surface area contributed by atoms with Gasteiger partial charge in [-0.3, -0.25) is 10.1 Å². The number of carbonyl (C=O) groups is 1. The van der Waals surface area contributed by atoms with Crippen LogP contribution in [0.15, 0.2) is 30.4 Å². The number of hydrogen-bond donors (Lipinski definition) is 1. The van der Waals surface area contributed by atoms with Crippen molar-refractivity contribution in [1.82, 2.24) is 0 Å². The summed E-state index contributed by atoms with van der Waals surface area (Å²) in [4.78, 5) is 20.8. The van der Waals surface area contributed by atoms with Crippen molar-refractivity contribution < 1.29 is 19.6 Å². The molecule has 0 aliphatic heterocycles. The maximum atomic E-state index is 10.8. The van der Waals surface area contributed by atoms with E-state index in [0.717, 1.165) is 5.57 Å². The fraction of sp³-hybridized carbons (Fsp3) is 0.250. The molecule has 1 aromatic rings. The van der Waals surface area contributed by atoms with Gasteiger partial charge in [-0.05, 0) is 30.7 Å². The molecule has 0 amide bonds. The molecule has 0 atom stereocenters. The highest BCUT2D eigenvalue weighted by atomic mass is 16.6. The molecule has 0 aliphatic carbocycles. The fourth-order valence-corrected chi connectivity index (χ4v) is 1.29. The van der Waals surface area contributed by atoms with Gasteiger partial charge in [-0.1, -0.05) is 6.58 Å². The zero-order valence-corrected chi connectivity index (χ0v) is 9.88. The van der Waals surface area contributed by atoms with Crippen LogP contribution in [0.2, 0.25) is 0 Å². The molecular formula is C12H13NO5. The van der Waals surface area contributed by atoms with Gasteiger partial charge in [0.25, 0.3) is 0 Å². The van der Waals surface area contributed by atoms with Gasteiger partial charge in [-0.25, -0.2) is 4.79 Å². The summed E-state index contributed by atoms with van der Waals surface area (Å²) in [5, 5.41) is 19.3. The third-order valence-corrected chi connectivity index (χ3v) is 2.09. The Balaban J connectivity index is 3.04. The van der Waals surface area contributed by atoms with Crippen LogP contribution in [-0.4, -0.2) is 22.6 Å². The summed E-state index contributed by atoms with van der Waals surface area (Å²) in [5.41, 5.74) is 1.10. The van der Waals surface area contributed by atoms with Crippen molar-refractivity contribution in [2.24, 2.45) is 0 Å². The Morgan fingerprint density at radius 3 is 2.72 bits per heavy atom. The molecule has 96 valence electrons. The average molecular weight is 251 g/mol. The topological polar surface area (TPSA) is 89.7 Å². The number of ether oxygens (including phenoxy) is 1. The van der Waals surface area contributed by atoms with E-state index in [9.17, 15) is 14.9 Å². The number of nitro groups is 1. The summed E-state index contributed by atoms with van der Waals surface area (Å²) >= 11 is 0. The van der Waals surface area contributed by atoms with Crippen molar-refractivity contribution in [3.63, 3.8) is 0 Å². The lowest BCUT2D eigenvalue weighted by Gasteiger charge is -2.10. The minimum atomic E-state index is -1.11. The van der Waals surface area contributed by atoms with E-state index in [-0.39, 0.29) is 17.9 Å². The van der Waals surface area contributed by atoms with E-state index in [0.29, 0.717) is 5.56 Å². The highest BCUT2D eigenvalue weighted by Gasteiger charge is 2.13. The van der Waals surface area contributed by atoms with Crippen molar-refractivity contribution in [2.75, 3.05) is 6.61 Å². The van der Waals surface area contributed by atoms with Crippen molar-refractivity contribution in [1.29, 1.82) is 0 Å². The van der Waals surface area contributed by atoms with Gasteiger partial charge in [-0.15, -0.1) is 0 Å². The number of nitrogens with zero attached hydrogens (tertiary/aromatic N) is 1. The highest BCUT2D eigenvalue weighted by Crippen LogP contribution is 2.22. The van der Waals surface area contributed by atoms with Gasteiger partial charge in [0.05, 0.1) is 11.1 Å². The first-order valence-electron chi connectivity index (χ1n) is 5.15. The number of hydrogen-bond acceptors (Lipinski definition) is 4. The molecule has 1 aromatic carbocycles. The molecule has 0 saturated heterocycles. The maximum Gasteiger partial charge on any atom is 0.335 e. The third kappa shape index (κ3) is 3.89. The Kier molecular flexibility index (Phi) is 4.42. The van der Waals surface area contributed by atoms with Gasteiger partial charge < -0.3 is 9.84 Å². The van der Waals surface area contributed by atoms with Gasteiger partial charge in [-0.2, -0.15) is 0 Å². The Hall–Kier alpha value is -2.37. The first-order chi connectivity index (χ1) is 8.40. The third-order valence-electron chi connectivity index (χ3n) is 2.09. The van der Waals surface area contributed by atoms with Gasteiger partial charge in [0.15, 0.2) is 0 Å². The molecule has 1 N–H and O–H groups in total. The molecule has 0 heterocycles. The quantitative estimate of drug-likeness (QED) is 0.475. The SMILES string of the molecule is C=C(C)COc1cc(C(=O)O)ccc1C[N+](=O)[O-]. The summed E-state index contributed by atoms with van der Waals surface area (Å²) in [5.74, 6) is -0.905. The second-order valence-corrected chi connectivity index (χ2v) is 3.86. The van der Waals surface area contributed by atoms with Crippen LogP contribution in [0.5, 0.6) is 5.75 Å². The molecular weight excluding hydrogens is 238 g/mol. The normalized spacial score (nSPS) is 9.83. The Morgan fingerprint density at radius 2 is 2.22 bits per heavy atom. The molecule has 1 rings (SSSR count). The molecule has 0 spiro atoms. The number of carboxylic acids is 1. The van der Waals surface area contributed by atoms with Gasteiger partial charge in [0.2, 0.25) is 6.54 Å². The Morgan fingerprint density at radius 1 is 1.56 bits per heavy atom. The monoisotopic (exact) mass is 251 g/mol. The smallest absolute Gasteiger partial charge is 0.335 e. The zero-order chi connectivity index (χ0) is 13.7. The summed E-state index contributed by atoms with van der Waals surface area (Å²) in [6.07, 6.45) is 0. The van der Waals surface area contributed by atoms with E-state index < -0.39 is 17.4 Å². The summed E-state index contributed by atoms with van der Waals surface area (Å²) in [6.45, 7) is 5.16. The second-order valence-electron chi connectivity index (χ2n) is 3.86. The Bertz CT molecular complexity index is 495. The van der Waals surface area contributed by atoms with Crippen LogP contribution in [0.4, 0.5) is 0 Å². The van der Waals surface area contributed by atoms with Crippen molar-refractivity contribution in [3.8, 4) is 5.75 Å². The molecule has 0 unspecified atom stereocenters. The summed E-state index contributed by atoms with van der Waals surface area (Å²) in [6, 6.07) is 3.99. The van der Waals surface area contributed by atoms with Crippen LogP contribution in [0.25, 0.3) is 0 Å². The van der Waals surface area contributed by atoms with Gasteiger partial charge in [0, 0.05) is 4.92 Å². The van der Waals surface area contributed by atoms with Crippen LogP contribution in [-0.2, 0) is 6.54 Å². The second kappa shape index (κ2) is 5.81. The minimum absolute atomic E-state index is 0.0267. The van der Waals surface area contributed by atoms with Crippen LogP contribution in [0, 0.1) is 10.1 Å². The van der Waals surface area contributed by atoms with Gasteiger partial charge in [0.1, 0.15) is 12.4 Å². The lowest BCUT2D eigenvalue weighted by atomic mass is 10.1. The molecule has 0 fully saturated rings. The first kappa shape index (κ1) is 13.7. The highest BCUT2D eigenvalue weighted by molar-refractivity contribution is 5.88. The fourth-order valence-electron chi connectivity index (χ4n) is 1.29. The average Bonchev–Trinajstić information content (AvgIpc) is 2.26. The van der Waals surface area contributed by atoms with Crippen LogP contribution >= 0.6 is 0 Å². The number of carboxylic acid groups (broad SMARTS) is 1. The van der Waals surface area contributed by atoms with Crippen LogP contribution in [0.3, 0.4) is 0 Å². The lowest BCUT2D eigenvalue weighted by Crippen LogP contribution is -2.06.